The summed E-state index contributed by atoms with van der Waals surface area (Å²) in [5.74, 6) is 0.664. The van der Waals surface area contributed by atoms with Crippen LogP contribution in [0.5, 0.6) is 11.6 Å². The second-order valence-electron chi connectivity index (χ2n) is 9.19. The Bertz CT molecular complexity index is 1640. The lowest BCUT2D eigenvalue weighted by Crippen LogP contribution is -2.95. The van der Waals surface area contributed by atoms with E-state index in [2.05, 4.69) is 50.4 Å². The van der Waals surface area contributed by atoms with Crippen molar-refractivity contribution in [2.75, 3.05) is 0 Å². The first-order valence-electron chi connectivity index (χ1n) is 11.8. The van der Waals surface area contributed by atoms with Gasteiger partial charge in [0.15, 0.2) is 18.1 Å². The maximum absolute atomic E-state index is 15.5. The van der Waals surface area contributed by atoms with Gasteiger partial charge in [0.1, 0.15) is 6.42 Å². The number of benzene rings is 2. The molecular formula is C29H21N3O2P+3. The minimum Gasteiger partial charge on any atom is -0.404 e. The standard InChI is InChI=1S/C29H21N3O2P/c33-35(23-12-2-1-3-13-23)25-15-9-14-24-28(25)29(31-19-7-5-16-26(31)34-24)30-18-6-4-10-21(30)20-22-11-8-17-27(35)32(22)29/h1-19H,20H2/q+3. The summed E-state index contributed by atoms with van der Waals surface area (Å²) in [6.45, 7) is 0. The molecule has 0 bridgehead atoms. The molecule has 0 radical (unpaired) electrons. The van der Waals surface area contributed by atoms with Gasteiger partial charge in [-0.1, -0.05) is 51.6 Å². The number of ether oxygens (including phenoxy) is 1. The summed E-state index contributed by atoms with van der Waals surface area (Å²) < 4.78 is 28.8. The van der Waals surface area contributed by atoms with Gasteiger partial charge in [0.25, 0.3) is 5.44 Å². The van der Waals surface area contributed by atoms with Gasteiger partial charge in [-0.05, 0) is 28.8 Å². The lowest BCUT2D eigenvalue weighted by Gasteiger charge is -2.35. The smallest absolute Gasteiger partial charge is 0.404 e. The summed E-state index contributed by atoms with van der Waals surface area (Å²) in [5.41, 5.74) is 4.07. The Morgan fingerprint density at radius 3 is 2.34 bits per heavy atom. The molecule has 8 rings (SSSR count). The minimum atomic E-state index is -3.21. The molecule has 0 fully saturated rings. The number of fused-ring (bicyclic) bond motifs is 2. The fraction of sp³-hybridized carbons (Fsp3) is 0.0690. The molecule has 2 unspecified atom stereocenters. The van der Waals surface area contributed by atoms with Gasteiger partial charge in [-0.15, -0.1) is 0 Å². The third-order valence-electron chi connectivity index (χ3n) is 7.50. The van der Waals surface area contributed by atoms with E-state index in [0.717, 1.165) is 45.4 Å². The van der Waals surface area contributed by atoms with E-state index < -0.39 is 12.9 Å². The molecule has 35 heavy (non-hydrogen) atoms. The monoisotopic (exact) mass is 474 g/mol. The van der Waals surface area contributed by atoms with E-state index in [9.17, 15) is 0 Å². The van der Waals surface area contributed by atoms with Crippen molar-refractivity contribution in [1.82, 2.24) is 0 Å². The second-order valence-corrected chi connectivity index (χ2v) is 11.9. The fourth-order valence-electron chi connectivity index (χ4n) is 6.20. The van der Waals surface area contributed by atoms with Gasteiger partial charge < -0.3 is 9.30 Å². The largest absolute Gasteiger partial charge is 0.597 e. The summed E-state index contributed by atoms with van der Waals surface area (Å²) in [6.07, 6.45) is 4.94. The quantitative estimate of drug-likeness (QED) is 0.271. The Morgan fingerprint density at radius 1 is 0.714 bits per heavy atom. The van der Waals surface area contributed by atoms with Gasteiger partial charge in [-0.2, -0.15) is 0 Å². The molecule has 3 aromatic heterocycles. The molecule has 3 aliphatic heterocycles. The van der Waals surface area contributed by atoms with Crippen molar-refractivity contribution >= 4 is 23.2 Å². The summed E-state index contributed by atoms with van der Waals surface area (Å²) in [7, 11) is -3.21. The van der Waals surface area contributed by atoms with Crippen molar-refractivity contribution in [3.8, 4) is 11.6 Å². The van der Waals surface area contributed by atoms with E-state index in [4.69, 9.17) is 4.74 Å². The Hall–Kier alpha value is -4.08. The van der Waals surface area contributed by atoms with Crippen LogP contribution < -0.4 is 34.5 Å². The highest BCUT2D eigenvalue weighted by atomic mass is 31.2. The maximum Gasteiger partial charge on any atom is 0.597 e. The highest BCUT2D eigenvalue weighted by Gasteiger charge is 2.76. The average molecular weight is 474 g/mol. The highest BCUT2D eigenvalue weighted by molar-refractivity contribution is 7.85. The molecule has 0 amide bonds. The lowest BCUT2D eigenvalue weighted by atomic mass is 9.97. The minimum absolute atomic E-state index is 0.738. The van der Waals surface area contributed by atoms with Crippen LogP contribution in [0, 0.1) is 0 Å². The average Bonchev–Trinajstić information content (AvgIpc) is 2.92. The molecule has 5 aromatic rings. The van der Waals surface area contributed by atoms with E-state index in [1.54, 1.807) is 0 Å². The molecule has 6 heterocycles. The summed E-state index contributed by atoms with van der Waals surface area (Å²) >= 11 is 0. The second kappa shape index (κ2) is 6.53. The van der Waals surface area contributed by atoms with Gasteiger partial charge in [0.05, 0.1) is 11.4 Å². The summed E-state index contributed by atoms with van der Waals surface area (Å²) in [6, 6.07) is 34.5. The highest BCUT2D eigenvalue weighted by Crippen LogP contribution is 2.50. The number of hydrogen-bond acceptors (Lipinski definition) is 2. The Labute approximate surface area is 202 Å². The van der Waals surface area contributed by atoms with Gasteiger partial charge in [-0.3, -0.25) is 0 Å². The van der Waals surface area contributed by atoms with Gasteiger partial charge >= 0.3 is 11.7 Å². The number of rotatable bonds is 1. The van der Waals surface area contributed by atoms with Crippen LogP contribution in [0.3, 0.4) is 0 Å². The Kier molecular flexibility index (Phi) is 3.59. The molecule has 6 heteroatoms. The predicted molar refractivity (Wildman–Crippen MR) is 130 cm³/mol. The normalized spacial score (nSPS) is 22.2. The van der Waals surface area contributed by atoms with E-state index in [1.165, 1.54) is 5.69 Å². The van der Waals surface area contributed by atoms with Crippen LogP contribution in [0.15, 0.2) is 116 Å². The number of nitrogens with zero attached hydrogens (tertiary/aromatic N) is 3. The number of pyridine rings is 3. The van der Waals surface area contributed by atoms with E-state index in [-0.39, 0.29) is 0 Å². The van der Waals surface area contributed by atoms with Crippen LogP contribution in [-0.2, 0) is 16.8 Å². The first-order valence-corrected chi connectivity index (χ1v) is 13.5. The molecule has 0 saturated carbocycles. The van der Waals surface area contributed by atoms with Crippen molar-refractivity contribution in [3.05, 3.63) is 132 Å². The Balaban J connectivity index is 1.65. The Morgan fingerprint density at radius 2 is 1.46 bits per heavy atom. The molecule has 5 nitrogen and oxygen atoms in total. The van der Waals surface area contributed by atoms with E-state index >= 15 is 4.57 Å². The van der Waals surface area contributed by atoms with Crippen molar-refractivity contribution < 1.29 is 23.0 Å². The molecular weight excluding hydrogens is 453 g/mol. The van der Waals surface area contributed by atoms with E-state index in [0.29, 0.717) is 0 Å². The predicted octanol–water partition coefficient (Wildman–Crippen LogP) is 2.27. The first kappa shape index (κ1) is 19.2. The molecule has 2 aromatic carbocycles. The van der Waals surface area contributed by atoms with Crippen LogP contribution in [0.25, 0.3) is 0 Å². The van der Waals surface area contributed by atoms with Crippen molar-refractivity contribution in [2.24, 2.45) is 0 Å². The van der Waals surface area contributed by atoms with Gasteiger partial charge in [0, 0.05) is 35.6 Å². The first-order chi connectivity index (χ1) is 17.2. The molecule has 0 N–H and O–H groups in total. The zero-order valence-electron chi connectivity index (χ0n) is 18.8. The molecule has 166 valence electrons. The summed E-state index contributed by atoms with van der Waals surface area (Å²) in [4.78, 5) is 0. The van der Waals surface area contributed by atoms with Crippen LogP contribution in [0.1, 0.15) is 17.0 Å². The maximum atomic E-state index is 15.5. The van der Waals surface area contributed by atoms with Crippen molar-refractivity contribution in [3.63, 3.8) is 0 Å². The van der Waals surface area contributed by atoms with Crippen LogP contribution >= 0.6 is 7.14 Å². The SMILES string of the molecule is O=P1(c2ccccc2)c2cccc3c2C2([n+]4ccccc4Cc4cccc1[n+]42)[n+]1ccccc1O3. The lowest BCUT2D eigenvalue weighted by molar-refractivity contribution is -1.16. The van der Waals surface area contributed by atoms with E-state index in [1.807, 2.05) is 78.9 Å². The van der Waals surface area contributed by atoms with Crippen molar-refractivity contribution in [1.29, 1.82) is 0 Å². The third-order valence-corrected chi connectivity index (χ3v) is 10.6. The fourth-order valence-corrected chi connectivity index (χ4v) is 9.30. The number of aromatic nitrogens is 3. The topological polar surface area (TPSA) is 37.9 Å². The zero-order valence-corrected chi connectivity index (χ0v) is 19.7. The van der Waals surface area contributed by atoms with Crippen LogP contribution in [-0.4, -0.2) is 0 Å². The number of hydrogen-bond donors (Lipinski definition) is 0. The van der Waals surface area contributed by atoms with Crippen molar-refractivity contribution in [2.45, 2.75) is 12.2 Å². The molecule has 0 saturated heterocycles. The van der Waals surface area contributed by atoms with Gasteiger partial charge in [0.2, 0.25) is 24.1 Å². The van der Waals surface area contributed by atoms with Crippen LogP contribution in [0.2, 0.25) is 0 Å². The summed E-state index contributed by atoms with van der Waals surface area (Å²) in [5, 5.41) is 1.65. The molecule has 1 spiro atoms. The molecule has 3 aliphatic rings. The zero-order chi connectivity index (χ0) is 23.2. The molecule has 2 atom stereocenters. The van der Waals surface area contributed by atoms with Gasteiger partial charge in [-0.25, -0.2) is 0 Å². The third kappa shape index (κ3) is 2.16. The molecule has 0 aliphatic carbocycles. The van der Waals surface area contributed by atoms with Crippen LogP contribution in [0.4, 0.5) is 0 Å².